The molecule has 1 aliphatic rings. The van der Waals surface area contributed by atoms with Gasteiger partial charge in [0.1, 0.15) is 0 Å². The first kappa shape index (κ1) is 20.9. The summed E-state index contributed by atoms with van der Waals surface area (Å²) in [5.41, 5.74) is 1.23. The number of aryl methyl sites for hydroxylation is 1. The number of carbonyl (C=O) groups is 1. The minimum Gasteiger partial charge on any atom is -0.333 e. The molecular weight excluding hydrogens is 350 g/mol. The van der Waals surface area contributed by atoms with Gasteiger partial charge in [-0.25, -0.2) is 13.1 Å². The monoisotopic (exact) mass is 375 g/mol. The number of sulfonamides is 1. The van der Waals surface area contributed by atoms with Gasteiger partial charge in [0, 0.05) is 37.3 Å². The molecule has 1 aromatic rings. The highest BCUT2D eigenvalue weighted by molar-refractivity contribution is 7.89. The molecule has 136 valence electrons. The van der Waals surface area contributed by atoms with Gasteiger partial charge < -0.3 is 10.2 Å². The van der Waals surface area contributed by atoms with E-state index in [0.717, 1.165) is 12.1 Å². The van der Waals surface area contributed by atoms with Gasteiger partial charge in [0.2, 0.25) is 10.0 Å². The lowest BCUT2D eigenvalue weighted by Gasteiger charge is -2.39. The summed E-state index contributed by atoms with van der Waals surface area (Å²) in [6, 6.07) is 4.97. The third kappa shape index (κ3) is 4.27. The van der Waals surface area contributed by atoms with Crippen molar-refractivity contribution in [1.82, 2.24) is 14.9 Å². The molecule has 1 aromatic carbocycles. The van der Waals surface area contributed by atoms with Crippen LogP contribution in [0, 0.1) is 6.92 Å². The number of hydrogen-bond acceptors (Lipinski definition) is 4. The molecular formula is C16H26ClN3O3S. The number of piperazine rings is 1. The summed E-state index contributed by atoms with van der Waals surface area (Å²) in [7, 11) is -3.57. The van der Waals surface area contributed by atoms with Gasteiger partial charge in [-0.05, 0) is 38.5 Å². The second-order valence-electron chi connectivity index (χ2n) is 5.96. The Balaban J connectivity index is 0.00000288. The van der Waals surface area contributed by atoms with Gasteiger partial charge in [0.05, 0.1) is 4.90 Å². The Morgan fingerprint density at radius 3 is 2.67 bits per heavy atom. The number of halogens is 1. The summed E-state index contributed by atoms with van der Waals surface area (Å²) >= 11 is 0. The van der Waals surface area contributed by atoms with Gasteiger partial charge in [-0.15, -0.1) is 12.4 Å². The molecule has 0 saturated carbocycles. The number of amides is 1. The maximum atomic E-state index is 12.9. The SMILES string of the molecule is CCNS(=O)(=O)c1ccc(C)c(C(=O)N2CCNC(C)C2C)c1.Cl. The molecule has 0 bridgehead atoms. The highest BCUT2D eigenvalue weighted by atomic mass is 35.5. The summed E-state index contributed by atoms with van der Waals surface area (Å²) in [4.78, 5) is 14.8. The lowest BCUT2D eigenvalue weighted by atomic mass is 10.0. The number of rotatable bonds is 4. The predicted molar refractivity (Wildman–Crippen MR) is 97.3 cm³/mol. The van der Waals surface area contributed by atoms with Crippen LogP contribution in [0.3, 0.4) is 0 Å². The van der Waals surface area contributed by atoms with Crippen LogP contribution in [0.15, 0.2) is 23.1 Å². The Morgan fingerprint density at radius 1 is 1.38 bits per heavy atom. The lowest BCUT2D eigenvalue weighted by molar-refractivity contribution is 0.0602. The van der Waals surface area contributed by atoms with E-state index < -0.39 is 10.0 Å². The van der Waals surface area contributed by atoms with E-state index in [1.165, 1.54) is 12.1 Å². The van der Waals surface area contributed by atoms with Gasteiger partial charge in [0.25, 0.3) is 5.91 Å². The van der Waals surface area contributed by atoms with Crippen molar-refractivity contribution in [2.45, 2.75) is 44.7 Å². The topological polar surface area (TPSA) is 78.5 Å². The highest BCUT2D eigenvalue weighted by Gasteiger charge is 2.30. The number of carbonyl (C=O) groups excluding carboxylic acids is 1. The number of benzene rings is 1. The number of nitrogens with zero attached hydrogens (tertiary/aromatic N) is 1. The first-order chi connectivity index (χ1) is 10.8. The molecule has 0 spiro atoms. The van der Waals surface area contributed by atoms with Crippen LogP contribution in [0.1, 0.15) is 36.7 Å². The molecule has 24 heavy (non-hydrogen) atoms. The van der Waals surface area contributed by atoms with Crippen LogP contribution in [0.25, 0.3) is 0 Å². The van der Waals surface area contributed by atoms with Crippen molar-refractivity contribution < 1.29 is 13.2 Å². The van der Waals surface area contributed by atoms with Crippen molar-refractivity contribution in [2.24, 2.45) is 0 Å². The van der Waals surface area contributed by atoms with E-state index in [4.69, 9.17) is 0 Å². The van der Waals surface area contributed by atoms with Crippen LogP contribution >= 0.6 is 12.4 Å². The van der Waals surface area contributed by atoms with E-state index in [2.05, 4.69) is 10.0 Å². The highest BCUT2D eigenvalue weighted by Crippen LogP contribution is 2.20. The summed E-state index contributed by atoms with van der Waals surface area (Å²) < 4.78 is 26.8. The quantitative estimate of drug-likeness (QED) is 0.836. The van der Waals surface area contributed by atoms with Gasteiger partial charge in [-0.3, -0.25) is 4.79 Å². The van der Waals surface area contributed by atoms with Crippen molar-refractivity contribution in [2.75, 3.05) is 19.6 Å². The molecule has 1 amide bonds. The number of nitrogens with one attached hydrogen (secondary N) is 2. The van der Waals surface area contributed by atoms with E-state index >= 15 is 0 Å². The van der Waals surface area contributed by atoms with Gasteiger partial charge in [0.15, 0.2) is 0 Å². The first-order valence-electron chi connectivity index (χ1n) is 7.92. The molecule has 1 heterocycles. The maximum Gasteiger partial charge on any atom is 0.254 e. The molecule has 0 aliphatic carbocycles. The van der Waals surface area contributed by atoms with Crippen LogP contribution in [-0.2, 0) is 10.0 Å². The average Bonchev–Trinajstić information content (AvgIpc) is 2.49. The third-order valence-corrected chi connectivity index (χ3v) is 5.92. The molecule has 2 atom stereocenters. The molecule has 1 aliphatic heterocycles. The molecule has 6 nitrogen and oxygen atoms in total. The molecule has 0 radical (unpaired) electrons. The third-order valence-electron chi connectivity index (χ3n) is 4.38. The maximum absolute atomic E-state index is 12.9. The van der Waals surface area contributed by atoms with Crippen LogP contribution in [0.5, 0.6) is 0 Å². The zero-order valence-corrected chi connectivity index (χ0v) is 16.1. The normalized spacial score (nSPS) is 21.2. The summed E-state index contributed by atoms with van der Waals surface area (Å²) in [6.07, 6.45) is 0. The minimum atomic E-state index is -3.57. The van der Waals surface area contributed by atoms with Crippen molar-refractivity contribution >= 4 is 28.3 Å². The first-order valence-corrected chi connectivity index (χ1v) is 9.41. The second-order valence-corrected chi connectivity index (χ2v) is 7.73. The van der Waals surface area contributed by atoms with Gasteiger partial charge in [-0.1, -0.05) is 13.0 Å². The fraction of sp³-hybridized carbons (Fsp3) is 0.562. The molecule has 1 saturated heterocycles. The van der Waals surface area contributed by atoms with Crippen LogP contribution in [0.2, 0.25) is 0 Å². The largest absolute Gasteiger partial charge is 0.333 e. The van der Waals surface area contributed by atoms with E-state index in [1.54, 1.807) is 13.0 Å². The van der Waals surface area contributed by atoms with Crippen LogP contribution in [-0.4, -0.2) is 50.9 Å². The molecule has 2 unspecified atom stereocenters. The van der Waals surface area contributed by atoms with Crippen LogP contribution < -0.4 is 10.0 Å². The van der Waals surface area contributed by atoms with E-state index in [1.807, 2.05) is 25.7 Å². The Labute approximate surface area is 150 Å². The Hall–Kier alpha value is -1.15. The zero-order chi connectivity index (χ0) is 17.2. The van der Waals surface area contributed by atoms with Gasteiger partial charge >= 0.3 is 0 Å². The molecule has 1 fully saturated rings. The fourth-order valence-corrected chi connectivity index (χ4v) is 3.84. The summed E-state index contributed by atoms with van der Waals surface area (Å²) in [5.74, 6) is -0.114. The summed E-state index contributed by atoms with van der Waals surface area (Å²) in [5, 5.41) is 3.34. The van der Waals surface area contributed by atoms with Crippen molar-refractivity contribution in [3.63, 3.8) is 0 Å². The Bertz CT molecular complexity index is 694. The van der Waals surface area contributed by atoms with Crippen LogP contribution in [0.4, 0.5) is 0 Å². The predicted octanol–water partition coefficient (Wildman–Crippen LogP) is 1.54. The van der Waals surface area contributed by atoms with E-state index in [0.29, 0.717) is 18.7 Å². The smallest absolute Gasteiger partial charge is 0.254 e. The van der Waals surface area contributed by atoms with Crippen molar-refractivity contribution in [1.29, 1.82) is 0 Å². The fourth-order valence-electron chi connectivity index (χ4n) is 2.77. The minimum absolute atomic E-state index is 0. The Kier molecular flexibility index (Phi) is 7.22. The molecule has 2 rings (SSSR count). The van der Waals surface area contributed by atoms with Crippen molar-refractivity contribution in [3.05, 3.63) is 29.3 Å². The molecule has 0 aromatic heterocycles. The Morgan fingerprint density at radius 2 is 2.04 bits per heavy atom. The van der Waals surface area contributed by atoms with E-state index in [-0.39, 0.29) is 35.3 Å². The number of hydrogen-bond donors (Lipinski definition) is 2. The molecule has 2 N–H and O–H groups in total. The second kappa shape index (κ2) is 8.29. The van der Waals surface area contributed by atoms with Crippen molar-refractivity contribution in [3.8, 4) is 0 Å². The average molecular weight is 376 g/mol. The summed E-state index contributed by atoms with van der Waals surface area (Å²) in [6.45, 7) is 9.27. The zero-order valence-electron chi connectivity index (χ0n) is 14.5. The van der Waals surface area contributed by atoms with E-state index in [9.17, 15) is 13.2 Å². The van der Waals surface area contributed by atoms with Gasteiger partial charge in [-0.2, -0.15) is 0 Å². The standard InChI is InChI=1S/C16H25N3O3S.ClH/c1-5-18-23(21,22)14-7-6-11(2)15(10-14)16(20)19-9-8-17-12(3)13(19)4;/h6-7,10,12-13,17-18H,5,8-9H2,1-4H3;1H. The lowest BCUT2D eigenvalue weighted by Crippen LogP contribution is -2.57. The molecule has 8 heteroatoms.